The smallest absolute Gasteiger partial charge is 0.235 e. The highest BCUT2D eigenvalue weighted by Gasteiger charge is 2.21. The van der Waals surface area contributed by atoms with Crippen molar-refractivity contribution in [3.05, 3.63) is 65.4 Å². The lowest BCUT2D eigenvalue weighted by molar-refractivity contribution is -0.807. The second kappa shape index (κ2) is 5.69. The number of benzene rings is 2. The quantitative estimate of drug-likeness (QED) is 0.500. The summed E-state index contributed by atoms with van der Waals surface area (Å²) in [6.45, 7) is 6.37. The van der Waals surface area contributed by atoms with E-state index < -0.39 is 0 Å². The molecule has 0 atom stereocenters. The van der Waals surface area contributed by atoms with E-state index in [-0.39, 0.29) is 5.54 Å². The molecule has 0 aliphatic carbocycles. The molecule has 3 aromatic rings. The summed E-state index contributed by atoms with van der Waals surface area (Å²) < 4.78 is 4.95. The van der Waals surface area contributed by atoms with Crippen molar-refractivity contribution in [1.82, 2.24) is 9.67 Å². The van der Waals surface area contributed by atoms with Gasteiger partial charge < -0.3 is 4.57 Å². The summed E-state index contributed by atoms with van der Waals surface area (Å²) in [5.41, 5.74) is 1.99. The molecule has 0 radical (unpaired) electrons. The molecule has 3 rings (SSSR count). The molecule has 112 valence electrons. The van der Waals surface area contributed by atoms with Crippen molar-refractivity contribution in [3.63, 3.8) is 0 Å². The molecule has 1 aromatic heterocycles. The first-order valence-corrected chi connectivity index (χ1v) is 8.01. The second-order valence-electron chi connectivity index (χ2n) is 6.18. The highest BCUT2D eigenvalue weighted by molar-refractivity contribution is 9.10. The fourth-order valence-corrected chi connectivity index (χ4v) is 2.41. The average molecular weight is 356 g/mol. The first kappa shape index (κ1) is 15.0. The van der Waals surface area contributed by atoms with Crippen LogP contribution in [0.5, 0.6) is 0 Å². The van der Waals surface area contributed by atoms with Crippen LogP contribution in [0.15, 0.2) is 59.1 Å². The Kier molecular flexibility index (Phi) is 3.87. The third-order valence-electron chi connectivity index (χ3n) is 3.35. The molecule has 0 spiro atoms. The standard InChI is InChI=1S/C18H18BrN3/c1-18(2,3)22-13-21(16-11-9-15(19)10-12-16)17(20-22)14-7-5-4-6-8-14/h4-12H,1-3H3. The van der Waals surface area contributed by atoms with Crippen LogP contribution >= 0.6 is 15.9 Å². The Hall–Kier alpha value is -1.94. The van der Waals surface area contributed by atoms with Crippen LogP contribution in [0.2, 0.25) is 0 Å². The Morgan fingerprint density at radius 1 is 1.00 bits per heavy atom. The van der Waals surface area contributed by atoms with E-state index in [1.54, 1.807) is 0 Å². The normalized spacial score (nSPS) is 11.6. The van der Waals surface area contributed by atoms with Crippen LogP contribution in [-0.4, -0.2) is 9.67 Å². The largest absolute Gasteiger partial charge is 0.336 e. The van der Waals surface area contributed by atoms with E-state index in [4.69, 9.17) is 5.10 Å². The molecule has 0 unspecified atom stereocenters. The van der Waals surface area contributed by atoms with Crippen LogP contribution in [0.4, 0.5) is 0 Å². The summed E-state index contributed by atoms with van der Waals surface area (Å²) in [7, 11) is 0. The lowest BCUT2D eigenvalue weighted by Gasteiger charge is -2.13. The molecule has 0 saturated heterocycles. The van der Waals surface area contributed by atoms with Crippen molar-refractivity contribution in [3.8, 4) is 17.1 Å². The minimum atomic E-state index is -0.121. The van der Waals surface area contributed by atoms with Gasteiger partial charge in [-0.1, -0.05) is 70.5 Å². The first-order valence-electron chi connectivity index (χ1n) is 7.21. The van der Waals surface area contributed by atoms with E-state index in [1.807, 2.05) is 39.6 Å². The summed E-state index contributed by atoms with van der Waals surface area (Å²) in [6, 6.07) is 18.4. The van der Waals surface area contributed by atoms with Crippen LogP contribution in [0.25, 0.3) is 17.1 Å². The van der Waals surface area contributed by atoms with Crippen LogP contribution in [0.1, 0.15) is 20.8 Å². The van der Waals surface area contributed by atoms with Crippen molar-refractivity contribution in [2.45, 2.75) is 26.3 Å². The maximum Gasteiger partial charge on any atom is 0.235 e. The minimum absolute atomic E-state index is 0.121. The predicted octanol–water partition coefficient (Wildman–Crippen LogP) is 4.14. The molecule has 0 fully saturated rings. The Balaban J connectivity index is 2.19. The molecule has 0 amide bonds. The summed E-state index contributed by atoms with van der Waals surface area (Å²) >= 11 is 3.48. The summed E-state index contributed by atoms with van der Waals surface area (Å²) in [5, 5.41) is 4.76. The van der Waals surface area contributed by atoms with E-state index in [2.05, 4.69) is 67.3 Å². The molecule has 3 nitrogen and oxygen atoms in total. The molecule has 1 heterocycles. The lowest BCUT2D eigenvalue weighted by atomic mass is 10.1. The van der Waals surface area contributed by atoms with Crippen LogP contribution in [-0.2, 0) is 5.54 Å². The van der Waals surface area contributed by atoms with Gasteiger partial charge in [0.05, 0.1) is 0 Å². The van der Waals surface area contributed by atoms with Crippen LogP contribution in [0, 0.1) is 6.33 Å². The monoisotopic (exact) mass is 355 g/mol. The van der Waals surface area contributed by atoms with Gasteiger partial charge in [0, 0.05) is 10.2 Å². The first-order chi connectivity index (χ1) is 10.4. The molecule has 0 aliphatic heterocycles. The van der Waals surface area contributed by atoms with E-state index in [9.17, 15) is 0 Å². The van der Waals surface area contributed by atoms with E-state index >= 15 is 0 Å². The molecule has 22 heavy (non-hydrogen) atoms. The average Bonchev–Trinajstić information content (AvgIpc) is 2.94. The van der Waals surface area contributed by atoms with Gasteiger partial charge >= 0.3 is 0 Å². The number of halogens is 1. The summed E-state index contributed by atoms with van der Waals surface area (Å²) in [4.78, 5) is 0. The van der Waals surface area contributed by atoms with Gasteiger partial charge in [0.15, 0.2) is 5.82 Å². The van der Waals surface area contributed by atoms with Gasteiger partial charge in [-0.25, -0.2) is 0 Å². The third-order valence-corrected chi connectivity index (χ3v) is 3.88. The molecule has 4 heteroatoms. The predicted molar refractivity (Wildman–Crippen MR) is 90.7 cm³/mol. The van der Waals surface area contributed by atoms with Crippen molar-refractivity contribution < 1.29 is 4.68 Å². The fraction of sp³-hybridized carbons (Fsp3) is 0.222. The fourth-order valence-electron chi connectivity index (χ4n) is 2.15. The summed E-state index contributed by atoms with van der Waals surface area (Å²) in [5.74, 6) is 0.887. The van der Waals surface area contributed by atoms with E-state index in [0.717, 1.165) is 21.5 Å². The van der Waals surface area contributed by atoms with Crippen molar-refractivity contribution in [1.29, 1.82) is 0 Å². The number of hydrogen-bond acceptors (Lipinski definition) is 1. The molecule has 0 aliphatic rings. The maximum absolute atomic E-state index is 4.76. The highest BCUT2D eigenvalue weighted by Crippen LogP contribution is 2.21. The van der Waals surface area contributed by atoms with Crippen LogP contribution < -0.4 is 4.68 Å². The van der Waals surface area contributed by atoms with Gasteiger partial charge in [-0.3, -0.25) is 0 Å². The third kappa shape index (κ3) is 2.97. The summed E-state index contributed by atoms with van der Waals surface area (Å²) in [6.07, 6.45) is 3.36. The van der Waals surface area contributed by atoms with E-state index in [1.165, 1.54) is 0 Å². The SMILES string of the molecule is CC(C)(C)[n+]1[c-]n(-c2ccc(Br)cc2)c(-c2ccccc2)n1. The van der Waals surface area contributed by atoms with Gasteiger partial charge in [-0.05, 0) is 26.3 Å². The Labute approximate surface area is 139 Å². The van der Waals surface area contributed by atoms with Gasteiger partial charge in [-0.2, -0.15) is 4.68 Å². The highest BCUT2D eigenvalue weighted by atomic mass is 79.9. The van der Waals surface area contributed by atoms with E-state index in [0.29, 0.717) is 0 Å². The van der Waals surface area contributed by atoms with Crippen molar-refractivity contribution in [2.75, 3.05) is 0 Å². The molecule has 0 saturated carbocycles. The van der Waals surface area contributed by atoms with Crippen LogP contribution in [0.3, 0.4) is 0 Å². The second-order valence-corrected chi connectivity index (χ2v) is 7.10. The molecular formula is C18H18BrN3. The zero-order valence-corrected chi connectivity index (χ0v) is 14.5. The zero-order valence-electron chi connectivity index (χ0n) is 12.9. The lowest BCUT2D eigenvalue weighted by Crippen LogP contribution is -2.51. The number of hydrogen-bond donors (Lipinski definition) is 0. The molecule has 0 bridgehead atoms. The molecular weight excluding hydrogens is 338 g/mol. The van der Waals surface area contributed by atoms with Gasteiger partial charge in [-0.15, -0.1) is 5.10 Å². The van der Waals surface area contributed by atoms with Gasteiger partial charge in [0.2, 0.25) is 6.33 Å². The molecule has 0 N–H and O–H groups in total. The number of nitrogens with zero attached hydrogens (tertiary/aromatic N) is 3. The van der Waals surface area contributed by atoms with Gasteiger partial charge in [0.1, 0.15) is 5.54 Å². The van der Waals surface area contributed by atoms with Crippen molar-refractivity contribution in [2.24, 2.45) is 0 Å². The number of rotatable bonds is 2. The Morgan fingerprint density at radius 2 is 1.64 bits per heavy atom. The van der Waals surface area contributed by atoms with Gasteiger partial charge in [0.25, 0.3) is 0 Å². The van der Waals surface area contributed by atoms with Crippen molar-refractivity contribution >= 4 is 15.9 Å². The Morgan fingerprint density at radius 3 is 2.23 bits per heavy atom. The molecule has 2 aromatic carbocycles. The Bertz CT molecular complexity index is 768. The maximum atomic E-state index is 4.76. The number of aromatic nitrogens is 3. The minimum Gasteiger partial charge on any atom is -0.336 e. The zero-order chi connectivity index (χ0) is 15.7. The topological polar surface area (TPSA) is 21.7 Å².